The van der Waals surface area contributed by atoms with Gasteiger partial charge in [0.05, 0.1) is 27.9 Å². The highest BCUT2D eigenvalue weighted by molar-refractivity contribution is 7.90. The van der Waals surface area contributed by atoms with Gasteiger partial charge >= 0.3 is 0 Å². The van der Waals surface area contributed by atoms with E-state index in [0.29, 0.717) is 23.1 Å². The number of piperidine rings is 1. The van der Waals surface area contributed by atoms with Crippen molar-refractivity contribution in [2.75, 3.05) is 25.1 Å². The third kappa shape index (κ3) is 7.44. The van der Waals surface area contributed by atoms with Gasteiger partial charge in [-0.05, 0) is 68.6 Å². The number of Topliss-reactive ketones (excluding diaryl/α,β-unsaturated/α-hetero) is 1. The van der Waals surface area contributed by atoms with Crippen molar-refractivity contribution in [3.63, 3.8) is 0 Å². The number of carbonyl (C=O) groups excluding carboxylic acids is 1. The van der Waals surface area contributed by atoms with Crippen LogP contribution in [-0.4, -0.2) is 56.3 Å². The first-order chi connectivity index (χ1) is 15.5. The molecule has 0 bridgehead atoms. The maximum Gasteiger partial charge on any atom is 0.154 e. The number of carbonyl (C=O) groups is 1. The average molecular weight is 512 g/mol. The molecule has 1 aliphatic heterocycles. The SMILES string of the molecule is CC(C)Oc1cccc(CC(=O)C2C(c3ccc(Cl)c(Cl)c3)CCCN2CCS(C)(=O)=O)c1. The molecule has 1 aliphatic rings. The Morgan fingerprint density at radius 2 is 1.91 bits per heavy atom. The van der Waals surface area contributed by atoms with E-state index in [1.54, 1.807) is 6.07 Å². The van der Waals surface area contributed by atoms with Gasteiger partial charge in [0.25, 0.3) is 0 Å². The summed E-state index contributed by atoms with van der Waals surface area (Å²) in [6.07, 6.45) is 3.20. The second kappa shape index (κ2) is 11.2. The van der Waals surface area contributed by atoms with E-state index in [1.807, 2.05) is 55.1 Å². The van der Waals surface area contributed by atoms with E-state index >= 15 is 0 Å². The number of hydrogen-bond acceptors (Lipinski definition) is 5. The second-order valence-electron chi connectivity index (χ2n) is 8.99. The molecule has 1 heterocycles. The molecule has 0 spiro atoms. The lowest BCUT2D eigenvalue weighted by molar-refractivity contribution is -0.125. The summed E-state index contributed by atoms with van der Waals surface area (Å²) in [5.41, 5.74) is 1.82. The van der Waals surface area contributed by atoms with E-state index in [1.165, 1.54) is 6.26 Å². The number of hydrogen-bond donors (Lipinski definition) is 0. The summed E-state index contributed by atoms with van der Waals surface area (Å²) >= 11 is 12.4. The second-order valence-corrected chi connectivity index (χ2v) is 12.1. The van der Waals surface area contributed by atoms with Crippen LogP contribution in [0.2, 0.25) is 10.0 Å². The number of sulfone groups is 1. The fourth-order valence-corrected chi connectivity index (χ4v) is 5.30. The van der Waals surface area contributed by atoms with Crippen LogP contribution in [0.4, 0.5) is 0 Å². The maximum atomic E-state index is 13.7. The van der Waals surface area contributed by atoms with Crippen LogP contribution in [0.5, 0.6) is 5.75 Å². The van der Waals surface area contributed by atoms with Crippen molar-refractivity contribution in [3.05, 3.63) is 63.6 Å². The fraction of sp³-hybridized carbons (Fsp3) is 0.480. The molecule has 0 aromatic heterocycles. The van der Waals surface area contributed by atoms with Gasteiger partial charge in [0.1, 0.15) is 15.6 Å². The first-order valence-corrected chi connectivity index (χ1v) is 14.0. The molecule has 1 fully saturated rings. The first kappa shape index (κ1) is 26.0. The molecule has 2 aromatic rings. The highest BCUT2D eigenvalue weighted by Gasteiger charge is 2.37. The molecule has 2 unspecified atom stereocenters. The molecule has 0 amide bonds. The quantitative estimate of drug-likeness (QED) is 0.463. The van der Waals surface area contributed by atoms with Crippen molar-refractivity contribution in [1.82, 2.24) is 4.90 Å². The third-order valence-corrected chi connectivity index (χ3v) is 7.50. The van der Waals surface area contributed by atoms with E-state index in [4.69, 9.17) is 27.9 Å². The molecule has 3 rings (SSSR count). The lowest BCUT2D eigenvalue weighted by Crippen LogP contribution is -2.50. The van der Waals surface area contributed by atoms with Crippen LogP contribution >= 0.6 is 23.2 Å². The summed E-state index contributed by atoms with van der Waals surface area (Å²) in [4.78, 5) is 15.7. The minimum absolute atomic E-state index is 0.0165. The van der Waals surface area contributed by atoms with Gasteiger partial charge < -0.3 is 4.74 Å². The summed E-state index contributed by atoms with van der Waals surface area (Å²) in [6.45, 7) is 4.92. The molecular weight excluding hydrogens is 481 g/mol. The molecule has 33 heavy (non-hydrogen) atoms. The van der Waals surface area contributed by atoms with Crippen LogP contribution in [0.1, 0.15) is 43.7 Å². The Morgan fingerprint density at radius 1 is 1.15 bits per heavy atom. The summed E-state index contributed by atoms with van der Waals surface area (Å²) in [5.74, 6) is 0.716. The highest BCUT2D eigenvalue weighted by atomic mass is 35.5. The number of benzene rings is 2. The lowest BCUT2D eigenvalue weighted by atomic mass is 9.80. The van der Waals surface area contributed by atoms with Crippen LogP contribution < -0.4 is 4.74 Å². The third-order valence-electron chi connectivity index (χ3n) is 5.83. The van der Waals surface area contributed by atoms with E-state index in [0.717, 1.165) is 29.7 Å². The first-order valence-electron chi connectivity index (χ1n) is 11.2. The summed E-state index contributed by atoms with van der Waals surface area (Å²) in [6, 6.07) is 12.6. The Balaban J connectivity index is 1.90. The van der Waals surface area contributed by atoms with Crippen molar-refractivity contribution in [1.29, 1.82) is 0 Å². The standard InChI is InChI=1S/C25H31Cl2NO4S/c1-17(2)32-20-7-4-6-18(14-20)15-24(29)25-21(19-9-10-22(26)23(27)16-19)8-5-11-28(25)12-13-33(3,30)31/h4,6-7,9-10,14,16-17,21,25H,5,8,11-13,15H2,1-3H3. The van der Waals surface area contributed by atoms with E-state index in [9.17, 15) is 13.2 Å². The van der Waals surface area contributed by atoms with Gasteiger partial charge in [0.15, 0.2) is 5.78 Å². The number of halogens is 2. The molecule has 1 saturated heterocycles. The number of likely N-dealkylation sites (tertiary alicyclic amines) is 1. The maximum absolute atomic E-state index is 13.7. The van der Waals surface area contributed by atoms with Gasteiger partial charge in [-0.15, -0.1) is 0 Å². The fourth-order valence-electron chi connectivity index (χ4n) is 4.43. The normalized spacial score (nSPS) is 19.6. The van der Waals surface area contributed by atoms with E-state index in [2.05, 4.69) is 0 Å². The number of nitrogens with zero attached hydrogens (tertiary/aromatic N) is 1. The number of ketones is 1. The molecule has 2 atom stereocenters. The molecular formula is C25H31Cl2NO4S. The van der Waals surface area contributed by atoms with Crippen LogP contribution in [0.25, 0.3) is 0 Å². The zero-order chi connectivity index (χ0) is 24.2. The molecule has 0 radical (unpaired) electrons. The molecule has 5 nitrogen and oxygen atoms in total. The van der Waals surface area contributed by atoms with Crippen molar-refractivity contribution < 1.29 is 17.9 Å². The monoisotopic (exact) mass is 511 g/mol. The van der Waals surface area contributed by atoms with Gasteiger partial charge in [-0.25, -0.2) is 8.42 Å². The summed E-state index contributed by atoms with van der Waals surface area (Å²) in [7, 11) is -3.15. The average Bonchev–Trinajstić information content (AvgIpc) is 2.73. The van der Waals surface area contributed by atoms with Gasteiger partial charge in [0.2, 0.25) is 0 Å². The zero-order valence-electron chi connectivity index (χ0n) is 19.3. The Morgan fingerprint density at radius 3 is 2.58 bits per heavy atom. The van der Waals surface area contributed by atoms with Crippen molar-refractivity contribution >= 4 is 38.8 Å². The molecule has 2 aromatic carbocycles. The van der Waals surface area contributed by atoms with Crippen LogP contribution in [0, 0.1) is 0 Å². The predicted octanol–water partition coefficient (Wildman–Crippen LogP) is 5.19. The van der Waals surface area contributed by atoms with Crippen LogP contribution in [0.15, 0.2) is 42.5 Å². The highest BCUT2D eigenvalue weighted by Crippen LogP contribution is 2.36. The molecule has 180 valence electrons. The van der Waals surface area contributed by atoms with Crippen LogP contribution in [0.3, 0.4) is 0 Å². The largest absolute Gasteiger partial charge is 0.491 e. The van der Waals surface area contributed by atoms with Gasteiger partial charge in [0, 0.05) is 25.1 Å². The minimum Gasteiger partial charge on any atom is -0.491 e. The lowest BCUT2D eigenvalue weighted by Gasteiger charge is -2.41. The Kier molecular flexibility index (Phi) is 8.84. The topological polar surface area (TPSA) is 63.7 Å². The molecule has 0 N–H and O–H groups in total. The van der Waals surface area contributed by atoms with Crippen molar-refractivity contribution in [2.45, 2.75) is 51.2 Å². The molecule has 0 saturated carbocycles. The summed E-state index contributed by atoms with van der Waals surface area (Å²) in [5, 5.41) is 0.919. The number of rotatable bonds is 9. The minimum atomic E-state index is -3.15. The van der Waals surface area contributed by atoms with Crippen molar-refractivity contribution in [3.8, 4) is 5.75 Å². The van der Waals surface area contributed by atoms with Crippen LogP contribution in [-0.2, 0) is 21.1 Å². The Labute approximate surface area is 206 Å². The number of ether oxygens (including phenoxy) is 1. The van der Waals surface area contributed by atoms with Gasteiger partial charge in [-0.1, -0.05) is 41.4 Å². The van der Waals surface area contributed by atoms with Gasteiger partial charge in [-0.2, -0.15) is 0 Å². The zero-order valence-corrected chi connectivity index (χ0v) is 21.6. The smallest absolute Gasteiger partial charge is 0.154 e. The van der Waals surface area contributed by atoms with Crippen molar-refractivity contribution in [2.24, 2.45) is 0 Å². The predicted molar refractivity (Wildman–Crippen MR) is 134 cm³/mol. The van der Waals surface area contributed by atoms with E-state index < -0.39 is 15.9 Å². The van der Waals surface area contributed by atoms with Gasteiger partial charge in [-0.3, -0.25) is 9.69 Å². The Hall–Kier alpha value is -1.60. The van der Waals surface area contributed by atoms with E-state index in [-0.39, 0.29) is 30.0 Å². The molecule has 8 heteroatoms. The Bertz CT molecular complexity index is 1090. The molecule has 0 aliphatic carbocycles. The summed E-state index contributed by atoms with van der Waals surface area (Å²) < 4.78 is 29.5.